The Morgan fingerprint density at radius 3 is 3.07 bits per heavy atom. The Morgan fingerprint density at radius 2 is 2.21 bits per heavy atom. The average Bonchev–Trinajstić information content (AvgIpc) is 2.65. The molecule has 0 saturated carbocycles. The normalized spacial score (nSPS) is 9.79. The van der Waals surface area contributed by atoms with Crippen molar-refractivity contribution >= 4 is 11.0 Å². The van der Waals surface area contributed by atoms with Crippen molar-refractivity contribution in [1.29, 1.82) is 0 Å². The van der Waals surface area contributed by atoms with Crippen LogP contribution in [0.3, 0.4) is 0 Å². The van der Waals surface area contributed by atoms with Gasteiger partial charge in [0.2, 0.25) is 0 Å². The molecule has 0 saturated heterocycles. The maximum absolute atomic E-state index is 5.35. The van der Waals surface area contributed by atoms with Gasteiger partial charge in [-0.25, -0.2) is 0 Å². The number of benzene rings is 1. The third-order valence-electron chi connectivity index (χ3n) is 1.95. The van der Waals surface area contributed by atoms with Crippen molar-refractivity contribution in [1.82, 2.24) is 0 Å². The van der Waals surface area contributed by atoms with E-state index in [0.29, 0.717) is 6.54 Å². The third-order valence-corrected chi connectivity index (χ3v) is 1.95. The van der Waals surface area contributed by atoms with E-state index in [1.54, 1.807) is 6.26 Å². The van der Waals surface area contributed by atoms with Gasteiger partial charge in [0.1, 0.15) is 5.58 Å². The van der Waals surface area contributed by atoms with Gasteiger partial charge in [0.05, 0.1) is 6.26 Å². The fourth-order valence-corrected chi connectivity index (χ4v) is 1.28. The first-order valence-electron chi connectivity index (χ1n) is 4.56. The third kappa shape index (κ3) is 1.78. The molecule has 0 radical (unpaired) electrons. The van der Waals surface area contributed by atoms with E-state index in [1.807, 2.05) is 24.3 Å². The Bertz CT molecular complexity index is 487. The van der Waals surface area contributed by atoms with E-state index in [-0.39, 0.29) is 0 Å². The van der Waals surface area contributed by atoms with Crippen molar-refractivity contribution in [3.8, 4) is 11.8 Å². The fourth-order valence-electron chi connectivity index (χ4n) is 1.28. The van der Waals surface area contributed by atoms with Crippen molar-refractivity contribution in [2.75, 3.05) is 6.54 Å². The van der Waals surface area contributed by atoms with Crippen LogP contribution in [0.2, 0.25) is 0 Å². The second-order valence-corrected chi connectivity index (χ2v) is 3.01. The van der Waals surface area contributed by atoms with Gasteiger partial charge in [-0.2, -0.15) is 0 Å². The Morgan fingerprint density at radius 1 is 1.29 bits per heavy atom. The van der Waals surface area contributed by atoms with E-state index in [0.717, 1.165) is 23.0 Å². The summed E-state index contributed by atoms with van der Waals surface area (Å²) in [5, 5.41) is 1.09. The van der Waals surface area contributed by atoms with Gasteiger partial charge >= 0.3 is 0 Å². The average molecular weight is 185 g/mol. The smallest absolute Gasteiger partial charge is 0.133 e. The maximum Gasteiger partial charge on any atom is 0.133 e. The largest absolute Gasteiger partial charge is 0.464 e. The highest BCUT2D eigenvalue weighted by molar-refractivity contribution is 5.78. The highest BCUT2D eigenvalue weighted by Crippen LogP contribution is 2.16. The van der Waals surface area contributed by atoms with Gasteiger partial charge in [-0.1, -0.05) is 11.8 Å². The van der Waals surface area contributed by atoms with Crippen LogP contribution in [0.1, 0.15) is 12.0 Å². The predicted molar refractivity (Wildman–Crippen MR) is 56.8 cm³/mol. The van der Waals surface area contributed by atoms with Crippen LogP contribution in [-0.2, 0) is 0 Å². The van der Waals surface area contributed by atoms with Gasteiger partial charge in [-0.05, 0) is 24.3 Å². The molecular weight excluding hydrogens is 174 g/mol. The lowest BCUT2D eigenvalue weighted by Gasteiger charge is -1.90. The first-order chi connectivity index (χ1) is 6.90. The van der Waals surface area contributed by atoms with Crippen LogP contribution in [0.5, 0.6) is 0 Å². The van der Waals surface area contributed by atoms with Crippen LogP contribution in [0.15, 0.2) is 34.9 Å². The summed E-state index contributed by atoms with van der Waals surface area (Å²) in [5.74, 6) is 6.06. The minimum Gasteiger partial charge on any atom is -0.464 e. The molecule has 1 aromatic carbocycles. The van der Waals surface area contributed by atoms with E-state index >= 15 is 0 Å². The Labute approximate surface area is 82.7 Å². The number of hydrogen-bond acceptors (Lipinski definition) is 2. The summed E-state index contributed by atoms with van der Waals surface area (Å²) in [5.41, 5.74) is 7.25. The molecule has 0 fully saturated rings. The van der Waals surface area contributed by atoms with E-state index < -0.39 is 0 Å². The summed E-state index contributed by atoms with van der Waals surface area (Å²) < 4.78 is 5.23. The Balaban J connectivity index is 2.31. The molecule has 2 heteroatoms. The van der Waals surface area contributed by atoms with Crippen LogP contribution in [-0.4, -0.2) is 6.54 Å². The summed E-state index contributed by atoms with van der Waals surface area (Å²) in [6.45, 7) is 0.612. The molecule has 2 rings (SSSR count). The molecule has 0 spiro atoms. The van der Waals surface area contributed by atoms with Crippen LogP contribution >= 0.6 is 0 Å². The molecular formula is C12H11NO. The topological polar surface area (TPSA) is 39.2 Å². The molecule has 14 heavy (non-hydrogen) atoms. The van der Waals surface area contributed by atoms with Crippen molar-refractivity contribution in [2.45, 2.75) is 6.42 Å². The van der Waals surface area contributed by atoms with Crippen LogP contribution < -0.4 is 5.73 Å². The molecule has 0 atom stereocenters. The van der Waals surface area contributed by atoms with Gasteiger partial charge in [-0.3, -0.25) is 0 Å². The van der Waals surface area contributed by atoms with Gasteiger partial charge in [0, 0.05) is 23.9 Å². The number of hydrogen-bond donors (Lipinski definition) is 1. The summed E-state index contributed by atoms with van der Waals surface area (Å²) in [6, 6.07) is 7.84. The molecule has 2 nitrogen and oxygen atoms in total. The van der Waals surface area contributed by atoms with E-state index in [9.17, 15) is 0 Å². The van der Waals surface area contributed by atoms with Gasteiger partial charge < -0.3 is 10.2 Å². The molecule has 0 aliphatic rings. The number of fused-ring (bicyclic) bond motifs is 1. The molecule has 1 heterocycles. The quantitative estimate of drug-likeness (QED) is 0.691. The lowest BCUT2D eigenvalue weighted by molar-refractivity contribution is 0.616. The van der Waals surface area contributed by atoms with Crippen LogP contribution in [0.25, 0.3) is 11.0 Å². The monoisotopic (exact) mass is 185 g/mol. The second-order valence-electron chi connectivity index (χ2n) is 3.01. The lowest BCUT2D eigenvalue weighted by atomic mass is 10.1. The van der Waals surface area contributed by atoms with Crippen LogP contribution in [0.4, 0.5) is 0 Å². The highest BCUT2D eigenvalue weighted by Gasteiger charge is 1.95. The van der Waals surface area contributed by atoms with E-state index in [4.69, 9.17) is 10.2 Å². The predicted octanol–water partition coefficient (Wildman–Crippen LogP) is 2.13. The Hall–Kier alpha value is -1.72. The van der Waals surface area contributed by atoms with Crippen molar-refractivity contribution in [3.63, 3.8) is 0 Å². The molecule has 0 amide bonds. The summed E-state index contributed by atoms with van der Waals surface area (Å²) in [4.78, 5) is 0. The zero-order chi connectivity index (χ0) is 9.80. The second kappa shape index (κ2) is 3.99. The Kier molecular flexibility index (Phi) is 2.53. The maximum atomic E-state index is 5.35. The minimum atomic E-state index is 0.612. The molecule has 1 aromatic heterocycles. The number of furan rings is 1. The van der Waals surface area contributed by atoms with Crippen LogP contribution in [0, 0.1) is 11.8 Å². The SMILES string of the molecule is NCCC#Cc1ccc2occc2c1. The molecule has 0 bridgehead atoms. The first kappa shape index (κ1) is 8.86. The summed E-state index contributed by atoms with van der Waals surface area (Å²) >= 11 is 0. The molecule has 0 unspecified atom stereocenters. The fraction of sp³-hybridized carbons (Fsp3) is 0.167. The minimum absolute atomic E-state index is 0.612. The highest BCUT2D eigenvalue weighted by atomic mass is 16.3. The zero-order valence-corrected chi connectivity index (χ0v) is 7.79. The van der Waals surface area contributed by atoms with Gasteiger partial charge in [-0.15, -0.1) is 0 Å². The first-order valence-corrected chi connectivity index (χ1v) is 4.56. The van der Waals surface area contributed by atoms with Gasteiger partial charge in [0.25, 0.3) is 0 Å². The van der Waals surface area contributed by atoms with Crippen molar-refractivity contribution < 1.29 is 4.42 Å². The van der Waals surface area contributed by atoms with E-state index in [1.165, 1.54) is 0 Å². The molecule has 70 valence electrons. The number of rotatable bonds is 1. The van der Waals surface area contributed by atoms with Crippen molar-refractivity contribution in [3.05, 3.63) is 36.1 Å². The van der Waals surface area contributed by atoms with Gasteiger partial charge in [0.15, 0.2) is 0 Å². The molecule has 0 aliphatic heterocycles. The lowest BCUT2D eigenvalue weighted by Crippen LogP contribution is -1.95. The standard InChI is InChI=1S/C12H11NO/c13-7-2-1-3-10-4-5-12-11(9-10)6-8-14-12/h4-6,8-9H,2,7,13H2. The molecule has 0 aliphatic carbocycles. The van der Waals surface area contributed by atoms with Crippen molar-refractivity contribution in [2.24, 2.45) is 5.73 Å². The molecule has 2 aromatic rings. The number of nitrogens with two attached hydrogens (primary N) is 1. The summed E-state index contributed by atoms with van der Waals surface area (Å²) in [6.07, 6.45) is 2.42. The summed E-state index contributed by atoms with van der Waals surface area (Å²) in [7, 11) is 0. The van der Waals surface area contributed by atoms with E-state index in [2.05, 4.69) is 11.8 Å². The molecule has 2 N–H and O–H groups in total. The zero-order valence-electron chi connectivity index (χ0n) is 7.79.